The van der Waals surface area contributed by atoms with Crippen molar-refractivity contribution >= 4 is 23.5 Å². The van der Waals surface area contributed by atoms with Crippen molar-refractivity contribution in [3.05, 3.63) is 5.28 Å². The number of ether oxygens (including phenoxy) is 1. The van der Waals surface area contributed by atoms with Gasteiger partial charge in [-0.1, -0.05) is 0 Å². The molecule has 0 saturated heterocycles. The zero-order valence-electron chi connectivity index (χ0n) is 9.76. The van der Waals surface area contributed by atoms with Gasteiger partial charge in [0.05, 0.1) is 13.0 Å². The largest absolute Gasteiger partial charge is 0.481 e. The summed E-state index contributed by atoms with van der Waals surface area (Å²) in [5.41, 5.74) is 0. The third-order valence-electron chi connectivity index (χ3n) is 2.89. The molecule has 2 unspecified atom stereocenters. The average Bonchev–Trinajstić information content (AvgIpc) is 2.76. The van der Waals surface area contributed by atoms with Crippen molar-refractivity contribution in [1.29, 1.82) is 0 Å². The molecule has 0 aliphatic heterocycles. The van der Waals surface area contributed by atoms with Gasteiger partial charge in [-0.3, -0.25) is 4.79 Å². The van der Waals surface area contributed by atoms with Gasteiger partial charge in [0.25, 0.3) is 0 Å². The minimum Gasteiger partial charge on any atom is -0.481 e. The van der Waals surface area contributed by atoms with Crippen LogP contribution < -0.4 is 10.1 Å². The summed E-state index contributed by atoms with van der Waals surface area (Å²) in [5, 5.41) is 12.0. The quantitative estimate of drug-likeness (QED) is 0.850. The number of carbonyl (C=O) groups is 1. The Morgan fingerprint density at radius 1 is 1.44 bits per heavy atom. The molecule has 1 fully saturated rings. The molecule has 0 bridgehead atoms. The topological polar surface area (TPSA) is 97.2 Å². The van der Waals surface area contributed by atoms with Gasteiger partial charge >= 0.3 is 12.0 Å². The summed E-state index contributed by atoms with van der Waals surface area (Å²) in [7, 11) is 1.44. The molecule has 8 heteroatoms. The second-order valence-corrected chi connectivity index (χ2v) is 4.44. The summed E-state index contributed by atoms with van der Waals surface area (Å²) in [5.74, 6) is -0.754. The maximum atomic E-state index is 10.8. The van der Waals surface area contributed by atoms with Crippen molar-refractivity contribution in [1.82, 2.24) is 15.0 Å². The normalized spacial score (nSPS) is 22.8. The van der Waals surface area contributed by atoms with E-state index in [1.807, 2.05) is 0 Å². The maximum absolute atomic E-state index is 10.8. The van der Waals surface area contributed by atoms with Crippen LogP contribution in [0.1, 0.15) is 19.3 Å². The Morgan fingerprint density at radius 2 is 2.22 bits per heavy atom. The highest BCUT2D eigenvalue weighted by Crippen LogP contribution is 2.27. The fourth-order valence-corrected chi connectivity index (χ4v) is 2.16. The minimum atomic E-state index is -0.759. The molecule has 2 atom stereocenters. The summed E-state index contributed by atoms with van der Waals surface area (Å²) in [4.78, 5) is 22.5. The van der Waals surface area contributed by atoms with Crippen LogP contribution in [0.5, 0.6) is 6.01 Å². The number of carboxylic acids is 1. The molecule has 1 aliphatic rings. The van der Waals surface area contributed by atoms with Crippen LogP contribution in [-0.4, -0.2) is 39.2 Å². The Hall–Kier alpha value is -1.63. The van der Waals surface area contributed by atoms with Gasteiger partial charge in [0, 0.05) is 6.04 Å². The first kappa shape index (κ1) is 12.8. The third-order valence-corrected chi connectivity index (χ3v) is 3.05. The van der Waals surface area contributed by atoms with Crippen molar-refractivity contribution < 1.29 is 14.6 Å². The van der Waals surface area contributed by atoms with Gasteiger partial charge in [-0.05, 0) is 30.9 Å². The lowest BCUT2D eigenvalue weighted by molar-refractivity contribution is -0.141. The number of halogens is 1. The van der Waals surface area contributed by atoms with Gasteiger partial charge in [0.1, 0.15) is 0 Å². The van der Waals surface area contributed by atoms with Gasteiger partial charge in [0.2, 0.25) is 11.2 Å². The standard InChI is InChI=1S/C10H13ClN4O3/c1-18-10-14-8(11)13-9(15-10)12-6-3-2-5(4-6)7(16)17/h5-6H,2-4H2,1H3,(H,16,17)(H,12,13,14,15). The van der Waals surface area contributed by atoms with Gasteiger partial charge in [-0.2, -0.15) is 15.0 Å². The number of nitrogens with zero attached hydrogens (tertiary/aromatic N) is 3. The van der Waals surface area contributed by atoms with Crippen molar-refractivity contribution in [2.24, 2.45) is 5.92 Å². The number of hydrogen-bond acceptors (Lipinski definition) is 6. The Balaban J connectivity index is 2.02. The molecular formula is C10H13ClN4O3. The van der Waals surface area contributed by atoms with E-state index in [1.54, 1.807) is 0 Å². The molecule has 0 amide bonds. The highest BCUT2D eigenvalue weighted by atomic mass is 35.5. The third kappa shape index (κ3) is 2.98. The van der Waals surface area contributed by atoms with Crippen molar-refractivity contribution in [2.75, 3.05) is 12.4 Å². The van der Waals surface area contributed by atoms with Crippen molar-refractivity contribution in [3.63, 3.8) is 0 Å². The summed E-state index contributed by atoms with van der Waals surface area (Å²) >= 11 is 5.72. The van der Waals surface area contributed by atoms with E-state index < -0.39 is 5.97 Å². The molecule has 98 valence electrons. The number of aliphatic carboxylic acids is 1. The Labute approximate surface area is 109 Å². The Kier molecular flexibility index (Phi) is 3.81. The highest BCUT2D eigenvalue weighted by Gasteiger charge is 2.30. The first-order valence-electron chi connectivity index (χ1n) is 5.53. The lowest BCUT2D eigenvalue weighted by Crippen LogP contribution is -2.19. The lowest BCUT2D eigenvalue weighted by atomic mass is 10.1. The van der Waals surface area contributed by atoms with E-state index in [4.69, 9.17) is 21.4 Å². The number of methoxy groups -OCH3 is 1. The summed E-state index contributed by atoms with van der Waals surface area (Å²) in [6.07, 6.45) is 1.98. The second-order valence-electron chi connectivity index (χ2n) is 4.10. The van der Waals surface area contributed by atoms with Gasteiger partial charge in [-0.25, -0.2) is 0 Å². The molecule has 1 aromatic heterocycles. The molecule has 7 nitrogen and oxygen atoms in total. The number of aromatic nitrogens is 3. The van der Waals surface area contributed by atoms with E-state index in [2.05, 4.69) is 20.3 Å². The second kappa shape index (κ2) is 5.34. The number of rotatable bonds is 4. The number of nitrogens with one attached hydrogen (secondary N) is 1. The van der Waals surface area contributed by atoms with Crippen LogP contribution in [0.2, 0.25) is 5.28 Å². The van der Waals surface area contributed by atoms with E-state index in [1.165, 1.54) is 7.11 Å². The van der Waals surface area contributed by atoms with Crippen LogP contribution in [0.3, 0.4) is 0 Å². The predicted molar refractivity (Wildman–Crippen MR) is 63.8 cm³/mol. The van der Waals surface area contributed by atoms with Crippen LogP contribution >= 0.6 is 11.6 Å². The van der Waals surface area contributed by atoms with E-state index in [0.717, 1.165) is 6.42 Å². The van der Waals surface area contributed by atoms with Gasteiger partial charge < -0.3 is 15.2 Å². The summed E-state index contributed by atoms with van der Waals surface area (Å²) in [6.45, 7) is 0. The first-order valence-corrected chi connectivity index (χ1v) is 5.91. The van der Waals surface area contributed by atoms with Crippen molar-refractivity contribution in [3.8, 4) is 6.01 Å². The molecular weight excluding hydrogens is 260 g/mol. The number of carboxylic acid groups (broad SMARTS) is 1. The minimum absolute atomic E-state index is 0.0364. The van der Waals surface area contributed by atoms with Gasteiger partial charge in [-0.15, -0.1) is 0 Å². The molecule has 0 aromatic carbocycles. The first-order chi connectivity index (χ1) is 8.58. The zero-order chi connectivity index (χ0) is 13.1. The molecule has 1 aliphatic carbocycles. The average molecular weight is 273 g/mol. The summed E-state index contributed by atoms with van der Waals surface area (Å²) in [6, 6.07) is 0.166. The van der Waals surface area contributed by atoms with Crippen LogP contribution in [0, 0.1) is 5.92 Å². The lowest BCUT2D eigenvalue weighted by Gasteiger charge is -2.12. The SMILES string of the molecule is COc1nc(Cl)nc(NC2CCC(C(=O)O)C2)n1. The smallest absolute Gasteiger partial charge is 0.322 e. The van der Waals surface area contributed by atoms with Crippen LogP contribution in [0.4, 0.5) is 5.95 Å². The molecule has 2 N–H and O–H groups in total. The molecule has 1 aromatic rings. The van der Waals surface area contributed by atoms with E-state index in [-0.39, 0.29) is 23.3 Å². The van der Waals surface area contributed by atoms with Gasteiger partial charge in [0.15, 0.2) is 0 Å². The van der Waals surface area contributed by atoms with E-state index in [9.17, 15) is 4.79 Å². The highest BCUT2D eigenvalue weighted by molar-refractivity contribution is 6.28. The van der Waals surface area contributed by atoms with E-state index >= 15 is 0 Å². The van der Waals surface area contributed by atoms with Crippen LogP contribution in [-0.2, 0) is 4.79 Å². The molecule has 0 radical (unpaired) electrons. The predicted octanol–water partition coefficient (Wildman–Crippen LogP) is 1.20. The molecule has 0 spiro atoms. The number of hydrogen-bond donors (Lipinski definition) is 2. The van der Waals surface area contributed by atoms with E-state index in [0.29, 0.717) is 18.8 Å². The monoisotopic (exact) mass is 272 g/mol. The fraction of sp³-hybridized carbons (Fsp3) is 0.600. The Morgan fingerprint density at radius 3 is 2.83 bits per heavy atom. The maximum Gasteiger partial charge on any atom is 0.322 e. The summed E-state index contributed by atoms with van der Waals surface area (Å²) < 4.78 is 4.88. The fourth-order valence-electron chi connectivity index (χ4n) is 2.01. The molecule has 1 heterocycles. The number of anilines is 1. The molecule has 18 heavy (non-hydrogen) atoms. The van der Waals surface area contributed by atoms with Crippen LogP contribution in [0.15, 0.2) is 0 Å². The molecule has 1 saturated carbocycles. The zero-order valence-corrected chi connectivity index (χ0v) is 10.5. The van der Waals surface area contributed by atoms with Crippen molar-refractivity contribution in [2.45, 2.75) is 25.3 Å². The van der Waals surface area contributed by atoms with Crippen LogP contribution in [0.25, 0.3) is 0 Å². The Bertz CT molecular complexity index is 457. The molecule has 2 rings (SSSR count).